The topological polar surface area (TPSA) is 358 Å². The van der Waals surface area contributed by atoms with Crippen LogP contribution in [0.2, 0.25) is 0 Å². The Hall–Kier alpha value is -6.91. The first kappa shape index (κ1) is 62.3. The maximum Gasteiger partial charge on any atom is 0.308 e. The lowest BCUT2D eigenvalue weighted by Crippen LogP contribution is -2.67. The van der Waals surface area contributed by atoms with Gasteiger partial charge in [0.15, 0.2) is 29.9 Å². The van der Waals surface area contributed by atoms with Gasteiger partial charge in [-0.1, -0.05) is 54.3 Å². The van der Waals surface area contributed by atoms with Crippen molar-refractivity contribution in [2.75, 3.05) is 40.0 Å². The summed E-state index contributed by atoms with van der Waals surface area (Å²) in [5, 5.41) is 88.1. The lowest BCUT2D eigenvalue weighted by Gasteiger charge is -2.69. The number of aliphatic imine (C=N–C) groups is 1. The Morgan fingerprint density at radius 2 is 1.78 bits per heavy atom. The molecule has 6 aliphatic carbocycles. The number of carbonyl (C=O) groups excluding carboxylic acids is 4. The number of aromatic hydroxyl groups is 1. The highest BCUT2D eigenvalue weighted by atomic mass is 16.7. The predicted octanol–water partition coefficient (Wildman–Crippen LogP) is 3.54. The van der Waals surface area contributed by atoms with Crippen LogP contribution in [0.25, 0.3) is 12.2 Å². The standard InChI is InChI=1S/C68H79N5O16/c1-33-62(81)68(83,84)63(86-21-19-73-65(70)71)64(87-33)89-61-45-9-5-8-42(69)13-14-43(77)24-36-7-4-6-35(22-36)10-15-44-50(88-34(2)76)26-40(30-74)51-52(44)60(80)53(45)54(59(51)79)58(78)48(61)25-38-11-16-47-56-46-17-12-41-32-85-20-18-66(41,56)28-39-23-37(29-72-3)27-67(82,55(39)46)57(47)49(38)31-75/h4,6-7,10-11,15-16,22,26,31,33,37,39,41-43,46,55-56,62-64,72,74,77-78,81-84H,9,12-14,17-21,23-25,27-30,32,69H2,1-3H3,(H4,70,71,73). The summed E-state index contributed by atoms with van der Waals surface area (Å²) in [6.45, 7) is 2.94. The largest absolute Gasteiger partial charge is 0.507 e. The van der Waals surface area contributed by atoms with Crippen LogP contribution < -0.4 is 32.0 Å². The van der Waals surface area contributed by atoms with E-state index in [4.69, 9.17) is 40.9 Å². The minimum Gasteiger partial charge on any atom is -0.507 e. The van der Waals surface area contributed by atoms with Crippen LogP contribution in [-0.4, -0.2) is 148 Å². The molecule has 12 rings (SSSR count). The molecule has 2 saturated heterocycles. The Morgan fingerprint density at radius 3 is 2.53 bits per heavy atom. The van der Waals surface area contributed by atoms with Gasteiger partial charge in [0, 0.05) is 71.9 Å². The molecule has 8 aliphatic rings. The molecule has 0 amide bonds. The third-order valence-electron chi connectivity index (χ3n) is 20.7. The Kier molecular flexibility index (Phi) is 17.1. The van der Waals surface area contributed by atoms with Crippen LogP contribution >= 0.6 is 0 Å². The molecule has 14 N–H and O–H groups in total. The fourth-order valence-corrected chi connectivity index (χ4v) is 17.3. The van der Waals surface area contributed by atoms with Gasteiger partial charge in [-0.15, -0.1) is 0 Å². The summed E-state index contributed by atoms with van der Waals surface area (Å²) in [6, 6.07) is 11.5. The summed E-state index contributed by atoms with van der Waals surface area (Å²) in [6.07, 6.45) is 0.445. The molecular formula is C68H79N5O16. The van der Waals surface area contributed by atoms with E-state index in [0.29, 0.717) is 42.9 Å². The number of hydrogen-bond acceptors (Lipinski definition) is 19. The van der Waals surface area contributed by atoms with E-state index in [9.17, 15) is 45.3 Å². The van der Waals surface area contributed by atoms with Gasteiger partial charge in [0.25, 0.3) is 0 Å². The van der Waals surface area contributed by atoms with E-state index in [1.165, 1.54) is 19.1 Å². The van der Waals surface area contributed by atoms with Crippen molar-refractivity contribution in [2.24, 2.45) is 57.2 Å². The van der Waals surface area contributed by atoms with Gasteiger partial charge < -0.3 is 81.9 Å². The van der Waals surface area contributed by atoms with E-state index >= 15 is 9.59 Å². The van der Waals surface area contributed by atoms with Crippen molar-refractivity contribution in [3.63, 3.8) is 0 Å². The number of nitrogens with two attached hydrogens (primary N) is 3. The molecule has 2 aliphatic heterocycles. The highest BCUT2D eigenvalue weighted by Crippen LogP contribution is 2.74. The molecule has 8 bridgehead atoms. The van der Waals surface area contributed by atoms with Crippen molar-refractivity contribution in [1.29, 1.82) is 0 Å². The van der Waals surface area contributed by atoms with Gasteiger partial charge in [0.1, 0.15) is 23.4 Å². The summed E-state index contributed by atoms with van der Waals surface area (Å²) >= 11 is 0. The number of fused-ring (bicyclic) bond motifs is 4. The number of ether oxygens (including phenoxy) is 5. The van der Waals surface area contributed by atoms with Crippen LogP contribution in [0, 0.1) is 46.8 Å². The van der Waals surface area contributed by atoms with Crippen LogP contribution in [0.15, 0.2) is 47.5 Å². The van der Waals surface area contributed by atoms with E-state index in [1.807, 2.05) is 25.2 Å². The normalized spacial score (nSPS) is 31.3. The van der Waals surface area contributed by atoms with Crippen molar-refractivity contribution >= 4 is 41.9 Å². The summed E-state index contributed by atoms with van der Waals surface area (Å²) in [7, 11) is 1.89. The lowest BCUT2D eigenvalue weighted by atomic mass is 9.36. The average molecular weight is 1220 g/mol. The number of phenols is 1. The molecule has 0 aromatic heterocycles. The summed E-state index contributed by atoms with van der Waals surface area (Å²) < 4.78 is 31.2. The van der Waals surface area contributed by atoms with Crippen molar-refractivity contribution in [2.45, 2.75) is 145 Å². The first-order chi connectivity index (χ1) is 42.6. The number of nitrogens with zero attached hydrogens (tertiary/aromatic N) is 1. The number of nitrogens with one attached hydrogen (secondary N) is 1. The van der Waals surface area contributed by atoms with E-state index in [1.54, 1.807) is 24.3 Å². The van der Waals surface area contributed by atoms with E-state index < -0.39 is 102 Å². The molecule has 14 atom stereocenters. The maximum atomic E-state index is 16.3. The van der Waals surface area contributed by atoms with Gasteiger partial charge in [-0.05, 0) is 165 Å². The molecule has 89 heavy (non-hydrogen) atoms. The molecule has 2 heterocycles. The second-order valence-electron chi connectivity index (χ2n) is 25.9. The Balaban J connectivity index is 1.12. The minimum atomic E-state index is -3.13. The number of aldehydes is 1. The zero-order valence-electron chi connectivity index (χ0n) is 50.2. The van der Waals surface area contributed by atoms with Crippen LogP contribution in [0.4, 0.5) is 0 Å². The molecule has 1 spiro atoms. The number of carbonyl (C=O) groups is 4. The number of aliphatic hydroxyl groups excluding tert-OH is 3. The van der Waals surface area contributed by atoms with Crippen molar-refractivity contribution in [1.82, 2.24) is 5.32 Å². The number of ketones is 2. The van der Waals surface area contributed by atoms with Gasteiger partial charge in [-0.25, -0.2) is 0 Å². The smallest absolute Gasteiger partial charge is 0.308 e. The number of hydrogen-bond donors (Lipinski definition) is 11. The van der Waals surface area contributed by atoms with Crippen LogP contribution in [0.5, 0.6) is 17.2 Å². The number of guanidine groups is 1. The van der Waals surface area contributed by atoms with Gasteiger partial charge in [0.2, 0.25) is 12.1 Å². The van der Waals surface area contributed by atoms with E-state index in [0.717, 1.165) is 56.4 Å². The molecule has 14 unspecified atom stereocenters. The summed E-state index contributed by atoms with van der Waals surface area (Å²) in [5.74, 6) is -0.843. The molecule has 3 saturated carbocycles. The minimum absolute atomic E-state index is 0.00610. The second-order valence-corrected chi connectivity index (χ2v) is 25.9. The van der Waals surface area contributed by atoms with Crippen LogP contribution in [0.3, 0.4) is 0 Å². The highest BCUT2D eigenvalue weighted by molar-refractivity contribution is 6.32. The van der Waals surface area contributed by atoms with E-state index in [2.05, 4.69) is 22.2 Å². The SMILES string of the molecule is CNCC1CC2CC34CCOCC3CCC3C2C(O)(C1)c1c(ccc(Cc2c(O)c5c6c(c2OC2OC(C)C(O)C(O)(O)C2OCCN=C(N)N)CC#CC(N)CCC(O)Cc2cccc(c2)C=Cc2c(OC(C)=O)cc(CO)c(c2C6=O)C5=O)c1C=O)C34. The molecule has 0 radical (unpaired) electrons. The zero-order chi connectivity index (χ0) is 63.0. The molecule has 5 fully saturated rings. The number of benzene rings is 4. The fraction of sp³-hybridized carbons (Fsp3) is 0.515. The monoisotopic (exact) mass is 1220 g/mol. The van der Waals surface area contributed by atoms with Crippen molar-refractivity contribution in [3.8, 4) is 29.1 Å². The first-order valence-electron chi connectivity index (χ1n) is 31.0. The van der Waals surface area contributed by atoms with Gasteiger partial charge in [0.05, 0.1) is 49.2 Å². The predicted molar refractivity (Wildman–Crippen MR) is 325 cm³/mol. The van der Waals surface area contributed by atoms with Gasteiger partial charge in [-0.3, -0.25) is 24.2 Å². The second kappa shape index (κ2) is 24.4. The maximum absolute atomic E-state index is 16.3. The third kappa shape index (κ3) is 10.8. The van der Waals surface area contributed by atoms with E-state index in [-0.39, 0.29) is 130 Å². The van der Waals surface area contributed by atoms with Crippen molar-refractivity contribution in [3.05, 3.63) is 120 Å². The first-order valence-corrected chi connectivity index (χ1v) is 31.0. The number of aliphatic hydroxyl groups is 6. The molecule has 21 nitrogen and oxygen atoms in total. The highest BCUT2D eigenvalue weighted by Gasteiger charge is 2.69. The molecule has 472 valence electrons. The molecule has 4 aromatic rings. The average Bonchev–Trinajstić information content (AvgIpc) is 0.677. The quantitative estimate of drug-likeness (QED) is 0.0117. The van der Waals surface area contributed by atoms with Crippen molar-refractivity contribution < 1.29 is 78.6 Å². The number of esters is 1. The number of rotatable bonds is 13. The summed E-state index contributed by atoms with van der Waals surface area (Å²) in [4.78, 5) is 63.6. The summed E-state index contributed by atoms with van der Waals surface area (Å²) in [5.41, 5.74) is 17.5. The Morgan fingerprint density at radius 1 is 0.978 bits per heavy atom. The molecular weight excluding hydrogens is 1140 g/mol. The van der Waals surface area contributed by atoms with Crippen LogP contribution in [-0.2, 0) is 50.5 Å². The Labute approximate surface area is 515 Å². The van der Waals surface area contributed by atoms with Gasteiger partial charge >= 0.3 is 5.97 Å². The number of phenolic OH excluding ortho intramolecular Hbond substituents is 1. The third-order valence-corrected chi connectivity index (χ3v) is 20.7. The fourth-order valence-electron chi connectivity index (χ4n) is 17.3. The lowest BCUT2D eigenvalue weighted by molar-refractivity contribution is -0.378. The zero-order valence-corrected chi connectivity index (χ0v) is 50.2. The Bertz CT molecular complexity index is 3640. The van der Waals surface area contributed by atoms with Crippen LogP contribution in [0.1, 0.15) is 163 Å². The van der Waals surface area contributed by atoms with Gasteiger partial charge in [-0.2, -0.15) is 0 Å². The molecule has 21 heteroatoms. The molecule has 4 aromatic carbocycles.